The summed E-state index contributed by atoms with van der Waals surface area (Å²) < 4.78 is 5.85. The molecule has 2 aromatic rings. The van der Waals surface area contributed by atoms with Gasteiger partial charge in [0.25, 0.3) is 0 Å². The number of para-hydroxylation sites is 1. The lowest BCUT2D eigenvalue weighted by Gasteiger charge is -2.35. The highest BCUT2D eigenvalue weighted by molar-refractivity contribution is 6.03. The zero-order chi connectivity index (χ0) is 23.5. The number of hydrogen-bond donors (Lipinski definition) is 1. The van der Waals surface area contributed by atoms with E-state index in [1.54, 1.807) is 4.90 Å². The highest BCUT2D eigenvalue weighted by Crippen LogP contribution is 2.29. The number of morpholine rings is 1. The minimum atomic E-state index is -0.364. The fraction of sp³-hybridized carbons (Fsp3) is 0.481. The lowest BCUT2D eigenvalue weighted by Crippen LogP contribution is -2.44. The number of rotatable bonds is 6. The Balaban J connectivity index is 1.43. The van der Waals surface area contributed by atoms with E-state index in [2.05, 4.69) is 56.1 Å². The fourth-order valence-corrected chi connectivity index (χ4v) is 4.85. The van der Waals surface area contributed by atoms with Gasteiger partial charge in [0.2, 0.25) is 11.8 Å². The van der Waals surface area contributed by atoms with Crippen molar-refractivity contribution in [1.29, 1.82) is 0 Å². The Morgan fingerprint density at radius 1 is 1.06 bits per heavy atom. The molecule has 176 valence electrons. The van der Waals surface area contributed by atoms with E-state index in [0.29, 0.717) is 12.5 Å². The SMILES string of the molecule is CC1CN(Cc2ccccc2NC(=O)C2CC(=O)N(c3cccc(C(C)C)c3)C2)CC(C)O1. The van der Waals surface area contributed by atoms with E-state index in [1.807, 2.05) is 30.3 Å². The van der Waals surface area contributed by atoms with Crippen molar-refractivity contribution in [2.24, 2.45) is 5.92 Å². The molecule has 2 aliphatic heterocycles. The molecule has 0 radical (unpaired) electrons. The van der Waals surface area contributed by atoms with E-state index in [0.717, 1.165) is 36.6 Å². The van der Waals surface area contributed by atoms with Crippen LogP contribution in [0.3, 0.4) is 0 Å². The third-order valence-electron chi connectivity index (χ3n) is 6.51. The lowest BCUT2D eigenvalue weighted by molar-refractivity contribution is -0.122. The Kier molecular flexibility index (Phi) is 7.15. The summed E-state index contributed by atoms with van der Waals surface area (Å²) in [5, 5.41) is 3.11. The lowest BCUT2D eigenvalue weighted by atomic mass is 10.0. The van der Waals surface area contributed by atoms with Gasteiger partial charge < -0.3 is 15.0 Å². The Bertz CT molecular complexity index is 996. The predicted octanol–water partition coefficient (Wildman–Crippen LogP) is 4.41. The average Bonchev–Trinajstić information content (AvgIpc) is 3.16. The Labute approximate surface area is 196 Å². The van der Waals surface area contributed by atoms with Crippen LogP contribution in [0.15, 0.2) is 48.5 Å². The van der Waals surface area contributed by atoms with E-state index in [-0.39, 0.29) is 36.4 Å². The Hall–Kier alpha value is -2.70. The van der Waals surface area contributed by atoms with E-state index in [9.17, 15) is 9.59 Å². The van der Waals surface area contributed by atoms with Crippen molar-refractivity contribution < 1.29 is 14.3 Å². The molecule has 1 N–H and O–H groups in total. The van der Waals surface area contributed by atoms with Crippen molar-refractivity contribution in [3.63, 3.8) is 0 Å². The van der Waals surface area contributed by atoms with Crippen molar-refractivity contribution in [2.45, 2.75) is 58.8 Å². The van der Waals surface area contributed by atoms with Crippen LogP contribution in [-0.2, 0) is 20.9 Å². The van der Waals surface area contributed by atoms with E-state index >= 15 is 0 Å². The molecular weight excluding hydrogens is 414 g/mol. The van der Waals surface area contributed by atoms with Gasteiger partial charge in [-0.3, -0.25) is 14.5 Å². The Morgan fingerprint density at radius 2 is 1.79 bits per heavy atom. The van der Waals surface area contributed by atoms with Crippen LogP contribution in [0, 0.1) is 5.92 Å². The summed E-state index contributed by atoms with van der Waals surface area (Å²) in [4.78, 5) is 30.0. The summed E-state index contributed by atoms with van der Waals surface area (Å²) in [7, 11) is 0. The maximum atomic E-state index is 13.1. The van der Waals surface area contributed by atoms with Crippen LogP contribution in [0.4, 0.5) is 11.4 Å². The van der Waals surface area contributed by atoms with Crippen molar-refractivity contribution in [3.8, 4) is 0 Å². The molecule has 2 heterocycles. The molecule has 0 bridgehead atoms. The molecule has 4 rings (SSSR count). The maximum absolute atomic E-state index is 13.1. The topological polar surface area (TPSA) is 61.9 Å². The first kappa shape index (κ1) is 23.5. The third-order valence-corrected chi connectivity index (χ3v) is 6.51. The molecule has 2 aliphatic rings. The zero-order valence-electron chi connectivity index (χ0n) is 20.1. The second-order valence-electron chi connectivity index (χ2n) is 9.75. The molecule has 3 unspecified atom stereocenters. The number of benzene rings is 2. The molecule has 0 aromatic heterocycles. The summed E-state index contributed by atoms with van der Waals surface area (Å²) in [5.74, 6) is -0.0740. The smallest absolute Gasteiger partial charge is 0.229 e. The number of hydrogen-bond acceptors (Lipinski definition) is 4. The first-order chi connectivity index (χ1) is 15.8. The zero-order valence-corrected chi connectivity index (χ0v) is 20.1. The second kappa shape index (κ2) is 10.1. The fourth-order valence-electron chi connectivity index (χ4n) is 4.85. The van der Waals surface area contributed by atoms with E-state index in [1.165, 1.54) is 5.56 Å². The number of carbonyl (C=O) groups is 2. The molecule has 2 aromatic carbocycles. The van der Waals surface area contributed by atoms with Gasteiger partial charge in [0.15, 0.2) is 0 Å². The van der Waals surface area contributed by atoms with Gasteiger partial charge in [-0.15, -0.1) is 0 Å². The standard InChI is InChI=1S/C27H35N3O3/c1-18(2)21-9-7-10-24(12-21)30-17-23(13-26(30)31)27(32)28-25-11-6-5-8-22(25)16-29-14-19(3)33-20(4)15-29/h5-12,18-20,23H,13-17H2,1-4H3,(H,28,32). The van der Waals surface area contributed by atoms with Crippen LogP contribution in [0.1, 0.15) is 51.2 Å². The molecular formula is C27H35N3O3. The molecule has 3 atom stereocenters. The van der Waals surface area contributed by atoms with Crippen LogP contribution in [0.5, 0.6) is 0 Å². The Morgan fingerprint density at radius 3 is 2.52 bits per heavy atom. The summed E-state index contributed by atoms with van der Waals surface area (Å²) in [6.45, 7) is 11.4. The van der Waals surface area contributed by atoms with Gasteiger partial charge in [-0.25, -0.2) is 0 Å². The second-order valence-corrected chi connectivity index (χ2v) is 9.75. The van der Waals surface area contributed by atoms with Crippen molar-refractivity contribution in [3.05, 3.63) is 59.7 Å². The first-order valence-corrected chi connectivity index (χ1v) is 12.0. The normalized spacial score (nSPS) is 23.8. The van der Waals surface area contributed by atoms with Crippen molar-refractivity contribution >= 4 is 23.2 Å². The molecule has 0 aliphatic carbocycles. The van der Waals surface area contributed by atoms with E-state index in [4.69, 9.17) is 4.74 Å². The maximum Gasteiger partial charge on any atom is 0.229 e. The van der Waals surface area contributed by atoms with Gasteiger partial charge in [0.1, 0.15) is 0 Å². The summed E-state index contributed by atoms with van der Waals surface area (Å²) in [5.41, 5.74) is 3.96. The number of ether oxygens (including phenoxy) is 1. The third kappa shape index (κ3) is 5.63. The molecule has 2 fully saturated rings. The van der Waals surface area contributed by atoms with Crippen LogP contribution in [-0.4, -0.2) is 48.6 Å². The van der Waals surface area contributed by atoms with Gasteiger partial charge in [-0.05, 0) is 49.1 Å². The molecule has 2 saturated heterocycles. The number of nitrogens with one attached hydrogen (secondary N) is 1. The van der Waals surface area contributed by atoms with E-state index < -0.39 is 0 Å². The summed E-state index contributed by atoms with van der Waals surface area (Å²) >= 11 is 0. The van der Waals surface area contributed by atoms with Crippen LogP contribution in [0.25, 0.3) is 0 Å². The number of carbonyl (C=O) groups excluding carboxylic acids is 2. The van der Waals surface area contributed by atoms with Gasteiger partial charge in [0, 0.05) is 44.0 Å². The summed E-state index contributed by atoms with van der Waals surface area (Å²) in [6.07, 6.45) is 0.624. The van der Waals surface area contributed by atoms with Gasteiger partial charge >= 0.3 is 0 Å². The van der Waals surface area contributed by atoms with Crippen LogP contribution < -0.4 is 10.2 Å². The number of amides is 2. The van der Waals surface area contributed by atoms with Gasteiger partial charge in [-0.1, -0.05) is 44.2 Å². The van der Waals surface area contributed by atoms with Crippen LogP contribution >= 0.6 is 0 Å². The quantitative estimate of drug-likeness (QED) is 0.710. The molecule has 6 nitrogen and oxygen atoms in total. The number of nitrogens with zero attached hydrogens (tertiary/aromatic N) is 2. The van der Waals surface area contributed by atoms with Crippen molar-refractivity contribution in [2.75, 3.05) is 29.9 Å². The predicted molar refractivity (Wildman–Crippen MR) is 131 cm³/mol. The van der Waals surface area contributed by atoms with Crippen LogP contribution in [0.2, 0.25) is 0 Å². The van der Waals surface area contributed by atoms with Gasteiger partial charge in [0.05, 0.1) is 18.1 Å². The van der Waals surface area contributed by atoms with Crippen molar-refractivity contribution in [1.82, 2.24) is 4.90 Å². The average molecular weight is 450 g/mol. The minimum absolute atomic E-state index is 0.000586. The molecule has 2 amide bonds. The molecule has 0 saturated carbocycles. The summed E-state index contributed by atoms with van der Waals surface area (Å²) in [6, 6.07) is 16.0. The molecule has 0 spiro atoms. The van der Waals surface area contributed by atoms with Gasteiger partial charge in [-0.2, -0.15) is 0 Å². The molecule has 6 heteroatoms. The molecule has 33 heavy (non-hydrogen) atoms. The highest BCUT2D eigenvalue weighted by Gasteiger charge is 2.35. The first-order valence-electron chi connectivity index (χ1n) is 12.0. The largest absolute Gasteiger partial charge is 0.373 e. The number of anilines is 2. The highest BCUT2D eigenvalue weighted by atomic mass is 16.5. The monoisotopic (exact) mass is 449 g/mol. The minimum Gasteiger partial charge on any atom is -0.373 e.